The Hall–Kier alpha value is -0.510. The standard InChI is InChI=1S/C9H13N/c10-7-8-3-1-2-4-9(8)5-6-9/h8H,1-6H2. The van der Waals surface area contributed by atoms with E-state index in [0.29, 0.717) is 11.3 Å². The molecule has 0 radical (unpaired) electrons. The van der Waals surface area contributed by atoms with Crippen molar-refractivity contribution in [2.24, 2.45) is 11.3 Å². The van der Waals surface area contributed by atoms with Gasteiger partial charge in [-0.1, -0.05) is 12.8 Å². The van der Waals surface area contributed by atoms with Crippen LogP contribution in [0.5, 0.6) is 0 Å². The second-order valence-electron chi connectivity index (χ2n) is 3.79. The normalized spacial score (nSPS) is 35.3. The molecule has 0 heterocycles. The molecule has 1 heteroatoms. The van der Waals surface area contributed by atoms with Gasteiger partial charge in [-0.15, -0.1) is 0 Å². The summed E-state index contributed by atoms with van der Waals surface area (Å²) in [5.74, 6) is 0.418. The van der Waals surface area contributed by atoms with E-state index in [1.807, 2.05) is 0 Å². The van der Waals surface area contributed by atoms with E-state index in [1.165, 1.54) is 38.5 Å². The predicted molar refractivity (Wildman–Crippen MR) is 39.2 cm³/mol. The third kappa shape index (κ3) is 0.751. The number of rotatable bonds is 0. The van der Waals surface area contributed by atoms with Gasteiger partial charge in [0.15, 0.2) is 0 Å². The summed E-state index contributed by atoms with van der Waals surface area (Å²) >= 11 is 0. The summed E-state index contributed by atoms with van der Waals surface area (Å²) in [6.07, 6.45) is 7.86. The lowest BCUT2D eigenvalue weighted by Gasteiger charge is -2.25. The van der Waals surface area contributed by atoms with Gasteiger partial charge in [0.25, 0.3) is 0 Å². The van der Waals surface area contributed by atoms with Gasteiger partial charge in [-0.2, -0.15) is 5.26 Å². The Morgan fingerprint density at radius 2 is 2.00 bits per heavy atom. The van der Waals surface area contributed by atoms with E-state index < -0.39 is 0 Å². The summed E-state index contributed by atoms with van der Waals surface area (Å²) in [5.41, 5.74) is 0.535. The Morgan fingerprint density at radius 3 is 2.50 bits per heavy atom. The molecule has 0 saturated heterocycles. The molecule has 0 amide bonds. The molecule has 2 saturated carbocycles. The fourth-order valence-electron chi connectivity index (χ4n) is 2.27. The topological polar surface area (TPSA) is 23.8 Å². The highest BCUT2D eigenvalue weighted by Crippen LogP contribution is 2.59. The van der Waals surface area contributed by atoms with Crippen LogP contribution in [0.15, 0.2) is 0 Å². The van der Waals surface area contributed by atoms with Gasteiger partial charge in [0.05, 0.1) is 12.0 Å². The SMILES string of the molecule is N#CC1CCCCC12CC2. The van der Waals surface area contributed by atoms with Gasteiger partial charge in [0.1, 0.15) is 0 Å². The minimum Gasteiger partial charge on any atom is -0.198 e. The molecule has 1 spiro atoms. The van der Waals surface area contributed by atoms with E-state index in [2.05, 4.69) is 6.07 Å². The third-order valence-electron chi connectivity index (χ3n) is 3.20. The second kappa shape index (κ2) is 1.99. The van der Waals surface area contributed by atoms with Gasteiger partial charge >= 0.3 is 0 Å². The van der Waals surface area contributed by atoms with Gasteiger partial charge in [0, 0.05) is 0 Å². The number of nitriles is 1. The van der Waals surface area contributed by atoms with Crippen LogP contribution in [0.2, 0.25) is 0 Å². The second-order valence-corrected chi connectivity index (χ2v) is 3.79. The number of hydrogen-bond donors (Lipinski definition) is 0. The molecule has 1 unspecified atom stereocenters. The average Bonchev–Trinajstić information content (AvgIpc) is 2.71. The molecule has 1 atom stereocenters. The van der Waals surface area contributed by atoms with Crippen molar-refractivity contribution in [1.82, 2.24) is 0 Å². The summed E-state index contributed by atoms with van der Waals surface area (Å²) < 4.78 is 0. The van der Waals surface area contributed by atoms with Crippen molar-refractivity contribution in [2.75, 3.05) is 0 Å². The van der Waals surface area contributed by atoms with Crippen molar-refractivity contribution >= 4 is 0 Å². The molecule has 2 rings (SSSR count). The average molecular weight is 135 g/mol. The van der Waals surface area contributed by atoms with Crippen molar-refractivity contribution in [1.29, 1.82) is 5.26 Å². The molecule has 0 bridgehead atoms. The number of hydrogen-bond acceptors (Lipinski definition) is 1. The fourth-order valence-corrected chi connectivity index (χ4v) is 2.27. The highest BCUT2D eigenvalue weighted by Gasteiger charge is 2.50. The minimum atomic E-state index is 0.418. The van der Waals surface area contributed by atoms with E-state index in [9.17, 15) is 0 Å². The Bertz CT molecular complexity index is 174. The Labute approximate surface area is 62.0 Å². The van der Waals surface area contributed by atoms with Crippen LogP contribution in [0.1, 0.15) is 38.5 Å². The monoisotopic (exact) mass is 135 g/mol. The van der Waals surface area contributed by atoms with Crippen molar-refractivity contribution in [3.8, 4) is 6.07 Å². The van der Waals surface area contributed by atoms with Crippen LogP contribution in [0.4, 0.5) is 0 Å². The summed E-state index contributed by atoms with van der Waals surface area (Å²) in [6.45, 7) is 0. The van der Waals surface area contributed by atoms with Crippen LogP contribution in [-0.2, 0) is 0 Å². The quantitative estimate of drug-likeness (QED) is 0.500. The molecule has 0 aromatic carbocycles. The Morgan fingerprint density at radius 1 is 1.20 bits per heavy atom. The first-order valence-electron chi connectivity index (χ1n) is 4.27. The zero-order valence-corrected chi connectivity index (χ0v) is 6.27. The van der Waals surface area contributed by atoms with Gasteiger partial charge in [0.2, 0.25) is 0 Å². The highest BCUT2D eigenvalue weighted by atomic mass is 14.5. The van der Waals surface area contributed by atoms with Crippen molar-refractivity contribution in [2.45, 2.75) is 38.5 Å². The van der Waals surface area contributed by atoms with Crippen LogP contribution in [0, 0.1) is 22.7 Å². The molecule has 1 nitrogen and oxygen atoms in total. The molecule has 10 heavy (non-hydrogen) atoms. The van der Waals surface area contributed by atoms with Gasteiger partial charge in [-0.25, -0.2) is 0 Å². The van der Waals surface area contributed by atoms with Crippen molar-refractivity contribution in [3.63, 3.8) is 0 Å². The van der Waals surface area contributed by atoms with Crippen LogP contribution in [-0.4, -0.2) is 0 Å². The maximum Gasteiger partial charge on any atom is 0.0661 e. The number of nitrogens with zero attached hydrogens (tertiary/aromatic N) is 1. The van der Waals surface area contributed by atoms with Gasteiger partial charge in [-0.05, 0) is 31.1 Å². The maximum absolute atomic E-state index is 8.82. The molecule has 2 fully saturated rings. The molecule has 0 N–H and O–H groups in total. The van der Waals surface area contributed by atoms with E-state index in [4.69, 9.17) is 5.26 Å². The van der Waals surface area contributed by atoms with Crippen LogP contribution in [0.25, 0.3) is 0 Å². The summed E-state index contributed by atoms with van der Waals surface area (Å²) in [6, 6.07) is 2.46. The smallest absolute Gasteiger partial charge is 0.0661 e. The van der Waals surface area contributed by atoms with Crippen LogP contribution in [0.3, 0.4) is 0 Å². The first-order chi connectivity index (χ1) is 4.87. The lowest BCUT2D eigenvalue weighted by Crippen LogP contribution is -2.18. The third-order valence-corrected chi connectivity index (χ3v) is 3.20. The lowest BCUT2D eigenvalue weighted by molar-refractivity contribution is 0.267. The van der Waals surface area contributed by atoms with Crippen molar-refractivity contribution in [3.05, 3.63) is 0 Å². The molecule has 54 valence electrons. The first-order valence-corrected chi connectivity index (χ1v) is 4.27. The molecular weight excluding hydrogens is 122 g/mol. The van der Waals surface area contributed by atoms with E-state index in [1.54, 1.807) is 0 Å². The summed E-state index contributed by atoms with van der Waals surface area (Å²) in [7, 11) is 0. The van der Waals surface area contributed by atoms with Crippen LogP contribution < -0.4 is 0 Å². The lowest BCUT2D eigenvalue weighted by atomic mass is 9.77. The highest BCUT2D eigenvalue weighted by molar-refractivity contribution is 5.07. The minimum absolute atomic E-state index is 0.418. The zero-order valence-electron chi connectivity index (χ0n) is 6.27. The predicted octanol–water partition coefficient (Wildman–Crippen LogP) is 2.48. The molecule has 0 aromatic rings. The first kappa shape index (κ1) is 6.22. The van der Waals surface area contributed by atoms with E-state index in [-0.39, 0.29) is 0 Å². The van der Waals surface area contributed by atoms with Crippen LogP contribution >= 0.6 is 0 Å². The Kier molecular flexibility index (Phi) is 1.23. The molecule has 0 aromatic heterocycles. The molecular formula is C9H13N. The largest absolute Gasteiger partial charge is 0.198 e. The zero-order chi connectivity index (χ0) is 7.03. The maximum atomic E-state index is 8.82. The molecule has 2 aliphatic rings. The molecule has 2 aliphatic carbocycles. The van der Waals surface area contributed by atoms with Crippen molar-refractivity contribution < 1.29 is 0 Å². The van der Waals surface area contributed by atoms with E-state index >= 15 is 0 Å². The van der Waals surface area contributed by atoms with E-state index in [0.717, 1.165) is 0 Å². The van der Waals surface area contributed by atoms with Gasteiger partial charge in [-0.3, -0.25) is 0 Å². The fraction of sp³-hybridized carbons (Fsp3) is 0.889. The van der Waals surface area contributed by atoms with Gasteiger partial charge < -0.3 is 0 Å². The summed E-state index contributed by atoms with van der Waals surface area (Å²) in [5, 5.41) is 8.82. The molecule has 0 aliphatic heterocycles. The summed E-state index contributed by atoms with van der Waals surface area (Å²) in [4.78, 5) is 0. The Balaban J connectivity index is 2.09.